The lowest BCUT2D eigenvalue weighted by molar-refractivity contribution is -0.120. The number of guanidine groups is 1. The van der Waals surface area contributed by atoms with Crippen molar-refractivity contribution in [2.75, 3.05) is 52.2 Å². The normalized spacial score (nSPS) is 20.4. The first-order valence-corrected chi connectivity index (χ1v) is 8.90. The van der Waals surface area contributed by atoms with Gasteiger partial charge >= 0.3 is 0 Å². The summed E-state index contributed by atoms with van der Waals surface area (Å²) < 4.78 is 1.72. The Labute approximate surface area is 149 Å². The van der Waals surface area contributed by atoms with Crippen LogP contribution in [0.25, 0.3) is 0 Å². The van der Waals surface area contributed by atoms with E-state index in [1.807, 2.05) is 18.1 Å². The summed E-state index contributed by atoms with van der Waals surface area (Å²) in [5.41, 5.74) is 0.858. The molecule has 1 unspecified atom stereocenters. The summed E-state index contributed by atoms with van der Waals surface area (Å²) >= 11 is 0. The van der Waals surface area contributed by atoms with Crippen LogP contribution in [0.5, 0.6) is 0 Å². The lowest BCUT2D eigenvalue weighted by atomic mass is 10.1. The fraction of sp³-hybridized carbons (Fsp3) is 0.706. The van der Waals surface area contributed by atoms with Gasteiger partial charge in [-0.3, -0.25) is 14.5 Å². The lowest BCUT2D eigenvalue weighted by Crippen LogP contribution is -2.56. The molecule has 2 heterocycles. The Bertz CT molecular complexity index is 633. The van der Waals surface area contributed by atoms with Gasteiger partial charge in [-0.1, -0.05) is 0 Å². The number of carbonyl (C=O) groups is 1. The first-order chi connectivity index (χ1) is 12.0. The first kappa shape index (κ1) is 17.7. The number of carbonyl (C=O) groups excluding carboxylic acids is 1. The Hall–Kier alpha value is -2.09. The van der Waals surface area contributed by atoms with E-state index in [1.54, 1.807) is 22.8 Å². The van der Waals surface area contributed by atoms with Crippen LogP contribution in [0.2, 0.25) is 0 Å². The third-order valence-electron chi connectivity index (χ3n) is 5.03. The number of amides is 1. The molecule has 1 N–H and O–H groups in total. The molecule has 1 aliphatic carbocycles. The molecule has 1 aromatic rings. The number of likely N-dealkylation sites (N-methyl/N-ethyl adjacent to an activating group) is 1. The Morgan fingerprint density at radius 2 is 2.20 bits per heavy atom. The minimum Gasteiger partial charge on any atom is -0.355 e. The van der Waals surface area contributed by atoms with E-state index in [1.165, 1.54) is 12.8 Å². The summed E-state index contributed by atoms with van der Waals surface area (Å²) in [4.78, 5) is 23.1. The number of anilines is 1. The number of hydrogen-bond acceptors (Lipinski definition) is 4. The van der Waals surface area contributed by atoms with E-state index in [9.17, 15) is 4.79 Å². The van der Waals surface area contributed by atoms with Gasteiger partial charge in [-0.15, -0.1) is 0 Å². The van der Waals surface area contributed by atoms with Gasteiger partial charge in [-0.2, -0.15) is 5.10 Å². The summed E-state index contributed by atoms with van der Waals surface area (Å²) in [6.07, 6.45) is 6.23. The molecule has 138 valence electrons. The van der Waals surface area contributed by atoms with E-state index in [2.05, 4.69) is 34.4 Å². The number of piperazine rings is 1. The van der Waals surface area contributed by atoms with E-state index in [-0.39, 0.29) is 5.91 Å². The molecule has 25 heavy (non-hydrogen) atoms. The van der Waals surface area contributed by atoms with Crippen molar-refractivity contribution in [3.63, 3.8) is 0 Å². The zero-order valence-electron chi connectivity index (χ0n) is 15.6. The van der Waals surface area contributed by atoms with Crippen molar-refractivity contribution in [3.05, 3.63) is 12.4 Å². The molecule has 1 aromatic heterocycles. The predicted octanol–water partition coefficient (Wildman–Crippen LogP) is -0.0157. The summed E-state index contributed by atoms with van der Waals surface area (Å²) in [5.74, 6) is 1.67. The molecule has 1 aliphatic heterocycles. The molecule has 0 spiro atoms. The van der Waals surface area contributed by atoms with E-state index in [0.29, 0.717) is 19.1 Å². The Morgan fingerprint density at radius 3 is 2.72 bits per heavy atom. The molecule has 2 fully saturated rings. The van der Waals surface area contributed by atoms with Gasteiger partial charge in [0.2, 0.25) is 5.91 Å². The number of rotatable bonds is 5. The molecule has 1 saturated carbocycles. The molecule has 8 nitrogen and oxygen atoms in total. The minimum atomic E-state index is 0.0774. The molecule has 1 atom stereocenters. The summed E-state index contributed by atoms with van der Waals surface area (Å²) in [5, 5.41) is 7.62. The van der Waals surface area contributed by atoms with Crippen LogP contribution < -0.4 is 10.2 Å². The van der Waals surface area contributed by atoms with Gasteiger partial charge in [0, 0.05) is 46.0 Å². The van der Waals surface area contributed by atoms with Crippen LogP contribution in [-0.4, -0.2) is 84.8 Å². The molecular weight excluding hydrogens is 318 g/mol. The van der Waals surface area contributed by atoms with Crippen LogP contribution in [0, 0.1) is 5.92 Å². The maximum atomic E-state index is 12.6. The van der Waals surface area contributed by atoms with Gasteiger partial charge in [0.25, 0.3) is 0 Å². The Balaban J connectivity index is 1.57. The van der Waals surface area contributed by atoms with E-state index >= 15 is 0 Å². The van der Waals surface area contributed by atoms with Gasteiger partial charge in [-0.25, -0.2) is 0 Å². The van der Waals surface area contributed by atoms with Gasteiger partial charge < -0.3 is 20.0 Å². The fourth-order valence-electron chi connectivity index (χ4n) is 3.45. The highest BCUT2D eigenvalue weighted by Crippen LogP contribution is 2.34. The van der Waals surface area contributed by atoms with Crippen molar-refractivity contribution in [3.8, 4) is 0 Å². The number of nitrogens with one attached hydrogen (secondary N) is 1. The minimum absolute atomic E-state index is 0.0774. The lowest BCUT2D eigenvalue weighted by Gasteiger charge is -2.36. The number of aryl methyl sites for hydroxylation is 1. The topological polar surface area (TPSA) is 69.0 Å². The van der Waals surface area contributed by atoms with E-state index in [4.69, 9.17) is 0 Å². The van der Waals surface area contributed by atoms with Crippen molar-refractivity contribution >= 4 is 17.6 Å². The second kappa shape index (κ2) is 7.43. The summed E-state index contributed by atoms with van der Waals surface area (Å²) in [7, 11) is 7.90. The fourth-order valence-corrected chi connectivity index (χ4v) is 3.45. The second-order valence-electron chi connectivity index (χ2n) is 7.14. The molecule has 1 amide bonds. The van der Waals surface area contributed by atoms with Crippen LogP contribution in [0.3, 0.4) is 0 Å². The Morgan fingerprint density at radius 1 is 1.44 bits per heavy atom. The number of nitrogens with zero attached hydrogens (tertiary/aromatic N) is 6. The maximum Gasteiger partial charge on any atom is 0.246 e. The molecule has 0 bridgehead atoms. The van der Waals surface area contributed by atoms with Crippen LogP contribution in [-0.2, 0) is 11.8 Å². The Kier molecular flexibility index (Phi) is 5.27. The largest absolute Gasteiger partial charge is 0.355 e. The number of hydrogen-bond donors (Lipinski definition) is 1. The second-order valence-corrected chi connectivity index (χ2v) is 7.14. The highest BCUT2D eigenvalue weighted by molar-refractivity contribution is 5.98. The van der Waals surface area contributed by atoms with Crippen molar-refractivity contribution < 1.29 is 4.79 Å². The smallest absolute Gasteiger partial charge is 0.246 e. The van der Waals surface area contributed by atoms with Crippen molar-refractivity contribution in [2.24, 2.45) is 18.0 Å². The molecular formula is C17H29N7O. The number of aliphatic imine (C=N–C) groups is 1. The van der Waals surface area contributed by atoms with Crippen LogP contribution in [0.1, 0.15) is 12.8 Å². The predicted molar refractivity (Wildman–Crippen MR) is 98.7 cm³/mol. The maximum absolute atomic E-state index is 12.6. The molecule has 3 rings (SSSR count). The molecule has 1 saturated heterocycles. The third kappa shape index (κ3) is 4.12. The summed E-state index contributed by atoms with van der Waals surface area (Å²) in [6.45, 7) is 2.60. The molecule has 0 radical (unpaired) electrons. The highest BCUT2D eigenvalue weighted by atomic mass is 16.2. The molecule has 8 heteroatoms. The standard InChI is InChI=1S/C17H29N7O/c1-18-17(19-10-15(21(2)3)13-5-6-13)23-7-8-24(16(25)12-23)14-9-20-22(4)11-14/h9,11,13,15H,5-8,10,12H2,1-4H3,(H,18,19). The van der Waals surface area contributed by atoms with Crippen molar-refractivity contribution in [1.29, 1.82) is 0 Å². The van der Waals surface area contributed by atoms with Crippen LogP contribution in [0.4, 0.5) is 5.69 Å². The number of aromatic nitrogens is 2. The zero-order chi connectivity index (χ0) is 18.0. The van der Waals surface area contributed by atoms with Gasteiger partial charge in [0.1, 0.15) is 6.54 Å². The van der Waals surface area contributed by atoms with Crippen LogP contribution >= 0.6 is 0 Å². The average Bonchev–Trinajstić information content (AvgIpc) is 3.32. The third-order valence-corrected chi connectivity index (χ3v) is 5.03. The first-order valence-electron chi connectivity index (χ1n) is 8.90. The van der Waals surface area contributed by atoms with E-state index < -0.39 is 0 Å². The van der Waals surface area contributed by atoms with Crippen molar-refractivity contribution in [1.82, 2.24) is 24.9 Å². The SMILES string of the molecule is CN=C(NCC(C1CC1)N(C)C)N1CCN(c2cnn(C)c2)C(=O)C1. The monoisotopic (exact) mass is 347 g/mol. The average molecular weight is 347 g/mol. The summed E-state index contributed by atoms with van der Waals surface area (Å²) in [6, 6.07) is 0.518. The van der Waals surface area contributed by atoms with Gasteiger partial charge in [-0.05, 0) is 32.9 Å². The van der Waals surface area contributed by atoms with Gasteiger partial charge in [0.15, 0.2) is 5.96 Å². The quantitative estimate of drug-likeness (QED) is 0.599. The molecule has 2 aliphatic rings. The van der Waals surface area contributed by atoms with Gasteiger partial charge in [0.05, 0.1) is 11.9 Å². The van der Waals surface area contributed by atoms with Crippen molar-refractivity contribution in [2.45, 2.75) is 18.9 Å². The van der Waals surface area contributed by atoms with Crippen LogP contribution in [0.15, 0.2) is 17.4 Å². The van der Waals surface area contributed by atoms with E-state index in [0.717, 1.165) is 30.7 Å². The zero-order valence-corrected chi connectivity index (χ0v) is 15.6. The molecule has 0 aromatic carbocycles. The highest BCUT2D eigenvalue weighted by Gasteiger charge is 2.33.